The molecule has 0 radical (unpaired) electrons. The van der Waals surface area contributed by atoms with E-state index in [2.05, 4.69) is 50.0 Å². The molecule has 0 atom stereocenters. The van der Waals surface area contributed by atoms with E-state index < -0.39 is 139 Å². The number of phenolic OH excluding ortho intramolecular Hbond substituents is 1. The number of nitrogens with zero attached hydrogens (tertiary/aromatic N) is 8. The molecule has 3 aromatic carbocycles. The van der Waals surface area contributed by atoms with Gasteiger partial charge < -0.3 is 20.6 Å². The smallest absolute Gasteiger partial charge is 0.397 e. The molecule has 7 N–H and O–H groups in total. The number of sulfone groups is 1. The molecule has 0 bridgehead atoms. The first kappa shape index (κ1) is 47.9. The molecular formula is C28H25Cl2FN10O16S5. The summed E-state index contributed by atoms with van der Waals surface area (Å²) in [6.07, 6.45) is 0.793. The predicted molar refractivity (Wildman–Crippen MR) is 214 cm³/mol. The molecule has 0 saturated carbocycles. The van der Waals surface area contributed by atoms with Crippen molar-refractivity contribution >= 4 is 125 Å². The van der Waals surface area contributed by atoms with Crippen molar-refractivity contribution in [2.24, 2.45) is 10.2 Å². The Balaban J connectivity index is 1.62. The first-order chi connectivity index (χ1) is 28.5. The molecule has 0 amide bonds. The molecule has 0 unspecified atom stereocenters. The maximum atomic E-state index is 13.9. The first-order valence-corrected chi connectivity index (χ1v) is 24.3. The predicted octanol–water partition coefficient (Wildman–Crippen LogP) is 3.28. The number of halogens is 3. The quantitative estimate of drug-likeness (QED) is 0.0399. The summed E-state index contributed by atoms with van der Waals surface area (Å²) in [5.74, 6) is -5.03. The monoisotopic (exact) mass is 1010 g/mol. The fourth-order valence-electron chi connectivity index (χ4n) is 5.00. The van der Waals surface area contributed by atoms with Crippen LogP contribution in [0.2, 0.25) is 10.3 Å². The molecule has 0 aliphatic rings. The number of anilines is 5. The molecule has 5 rings (SSSR count). The van der Waals surface area contributed by atoms with E-state index in [-0.39, 0.29) is 24.0 Å². The molecule has 34 heteroatoms. The van der Waals surface area contributed by atoms with Gasteiger partial charge in [-0.15, -0.1) is 10.2 Å². The Bertz CT molecular complexity index is 3230. The number of aromatic nitrogens is 5. The van der Waals surface area contributed by atoms with Crippen LogP contribution in [0.1, 0.15) is 0 Å². The summed E-state index contributed by atoms with van der Waals surface area (Å²) in [7, 11) is -23.3. The van der Waals surface area contributed by atoms with Gasteiger partial charge in [0.25, 0.3) is 30.4 Å². The van der Waals surface area contributed by atoms with E-state index in [1.54, 1.807) is 0 Å². The van der Waals surface area contributed by atoms with E-state index in [0.29, 0.717) is 18.2 Å². The number of nitrogens with one attached hydrogen (secondary N) is 2. The van der Waals surface area contributed by atoms with Crippen LogP contribution in [0.5, 0.6) is 5.75 Å². The minimum Gasteiger partial charge on any atom is -0.505 e. The summed E-state index contributed by atoms with van der Waals surface area (Å²) in [6.45, 7) is -1.26. The van der Waals surface area contributed by atoms with Gasteiger partial charge in [0.2, 0.25) is 23.1 Å². The van der Waals surface area contributed by atoms with Gasteiger partial charge in [0.15, 0.2) is 21.4 Å². The van der Waals surface area contributed by atoms with Crippen LogP contribution in [0.3, 0.4) is 0 Å². The summed E-state index contributed by atoms with van der Waals surface area (Å²) >= 11 is 11.9. The largest absolute Gasteiger partial charge is 0.505 e. The molecule has 5 aromatic rings. The van der Waals surface area contributed by atoms with Crippen molar-refractivity contribution in [3.05, 3.63) is 59.0 Å². The summed E-state index contributed by atoms with van der Waals surface area (Å²) in [5, 5.41) is 21.7. The van der Waals surface area contributed by atoms with Gasteiger partial charge >= 0.3 is 10.4 Å². The number of phenols is 1. The van der Waals surface area contributed by atoms with Crippen molar-refractivity contribution in [3.63, 3.8) is 0 Å². The number of rotatable bonds is 17. The van der Waals surface area contributed by atoms with E-state index in [9.17, 15) is 65.2 Å². The fourth-order valence-corrected chi connectivity index (χ4v) is 8.60. The number of hydrogen-bond donors (Lipinski definition) is 7. The highest BCUT2D eigenvalue weighted by atomic mass is 35.5. The van der Waals surface area contributed by atoms with E-state index >= 15 is 0 Å². The molecule has 0 saturated heterocycles. The lowest BCUT2D eigenvalue weighted by molar-refractivity contribution is 0.284. The van der Waals surface area contributed by atoms with Gasteiger partial charge in [0.05, 0.1) is 28.7 Å². The molecule has 26 nitrogen and oxygen atoms in total. The van der Waals surface area contributed by atoms with Crippen LogP contribution in [0.25, 0.3) is 10.8 Å². The Labute approximate surface area is 359 Å². The average molecular weight is 1010 g/mol. The fraction of sp³-hybridized carbons (Fsp3) is 0.179. The van der Waals surface area contributed by atoms with Gasteiger partial charge in [-0.05, 0) is 53.4 Å². The minimum absolute atomic E-state index is 0.124. The Morgan fingerprint density at radius 1 is 0.806 bits per heavy atom. The Morgan fingerprint density at radius 3 is 2.11 bits per heavy atom. The number of aromatic hydroxyl groups is 1. The van der Waals surface area contributed by atoms with Crippen molar-refractivity contribution in [2.75, 3.05) is 47.2 Å². The van der Waals surface area contributed by atoms with Crippen LogP contribution in [0.4, 0.5) is 44.9 Å². The van der Waals surface area contributed by atoms with Crippen LogP contribution < -0.4 is 15.5 Å². The van der Waals surface area contributed by atoms with Crippen LogP contribution in [-0.4, -0.2) is 122 Å². The van der Waals surface area contributed by atoms with E-state index in [4.69, 9.17) is 27.8 Å². The molecule has 0 spiro atoms. The molecule has 2 heterocycles. The number of azo groups is 1. The molecule has 62 heavy (non-hydrogen) atoms. The van der Waals surface area contributed by atoms with Crippen LogP contribution in [-0.2, 0) is 54.8 Å². The summed E-state index contributed by atoms with van der Waals surface area (Å²) in [4.78, 5) is 16.8. The van der Waals surface area contributed by atoms with Crippen molar-refractivity contribution in [1.82, 2.24) is 24.9 Å². The molecule has 0 aliphatic heterocycles. The topological polar surface area (TPSA) is 398 Å². The first-order valence-electron chi connectivity index (χ1n) is 16.0. The number of hydrogen-bond acceptors (Lipinski definition) is 22. The second-order valence-electron chi connectivity index (χ2n) is 12.1. The number of fused-ring (bicyclic) bond motifs is 1. The van der Waals surface area contributed by atoms with Gasteiger partial charge in [0.1, 0.15) is 32.5 Å². The molecule has 2 aromatic heterocycles. The van der Waals surface area contributed by atoms with Crippen molar-refractivity contribution < 1.29 is 74.0 Å². The van der Waals surface area contributed by atoms with Gasteiger partial charge in [-0.25, -0.2) is 22.6 Å². The highest BCUT2D eigenvalue weighted by Gasteiger charge is 2.27. The van der Waals surface area contributed by atoms with Gasteiger partial charge in [-0.1, -0.05) is 11.6 Å². The minimum atomic E-state index is -5.45. The van der Waals surface area contributed by atoms with Crippen molar-refractivity contribution in [3.8, 4) is 5.75 Å². The van der Waals surface area contributed by atoms with Crippen LogP contribution in [0.15, 0.2) is 67.6 Å². The Hall–Kier alpha value is -5.13. The molecular weight excluding hydrogens is 983 g/mol. The van der Waals surface area contributed by atoms with Crippen LogP contribution >= 0.6 is 23.2 Å². The van der Waals surface area contributed by atoms with Crippen molar-refractivity contribution in [2.45, 2.75) is 14.7 Å². The van der Waals surface area contributed by atoms with E-state index in [1.165, 1.54) is 7.05 Å². The molecule has 0 fully saturated rings. The lowest BCUT2D eigenvalue weighted by Gasteiger charge is -2.18. The standard InChI is InChI=1S/C28H25Cl2FN10O16S5/c1-41(4-6-58(43,44)7-5-57-62(54,55)56)28-37-26(30)36-27(38-28)35-17-11-15(59(45,46)47)8-13-9-19(61(51,52)53)22(23(42)20(13)17)40-39-16-10-14(2-3-18(16)60(48,49)50)34-25-21(29)24(31)32-12-33-25/h2-3,8-12,42H,4-7H2,1H3,(H,32,33,34)(H,45,46,47)(H,48,49,50)(H,51,52,53)(H,54,55,56)(H,35,36,37,38). The van der Waals surface area contributed by atoms with Gasteiger partial charge in [-0.3, -0.25) is 18.2 Å². The zero-order valence-corrected chi connectivity index (χ0v) is 35.9. The third-order valence-electron chi connectivity index (χ3n) is 7.75. The Morgan fingerprint density at radius 2 is 1.48 bits per heavy atom. The summed E-state index contributed by atoms with van der Waals surface area (Å²) < 4.78 is 177. The average Bonchev–Trinajstić information content (AvgIpc) is 3.13. The van der Waals surface area contributed by atoms with Crippen LogP contribution in [0, 0.1) is 5.95 Å². The third-order valence-corrected chi connectivity index (χ3v) is 12.9. The normalized spacial score (nSPS) is 12.8. The maximum Gasteiger partial charge on any atom is 0.397 e. The second-order valence-corrected chi connectivity index (χ2v) is 20.4. The second kappa shape index (κ2) is 17.9. The molecule has 0 aliphatic carbocycles. The van der Waals surface area contributed by atoms with Gasteiger partial charge in [0, 0.05) is 24.7 Å². The van der Waals surface area contributed by atoms with Gasteiger partial charge in [-0.2, -0.15) is 53.0 Å². The Kier molecular flexibility index (Phi) is 13.9. The zero-order chi connectivity index (χ0) is 46.2. The summed E-state index contributed by atoms with van der Waals surface area (Å²) in [5.41, 5.74) is -2.57. The van der Waals surface area contributed by atoms with E-state index in [1.807, 2.05) is 0 Å². The summed E-state index contributed by atoms with van der Waals surface area (Å²) in [6, 6.07) is 4.65. The number of benzene rings is 3. The molecule has 334 valence electrons. The van der Waals surface area contributed by atoms with Crippen molar-refractivity contribution in [1.29, 1.82) is 0 Å². The highest BCUT2D eigenvalue weighted by Crippen LogP contribution is 2.46. The highest BCUT2D eigenvalue weighted by molar-refractivity contribution is 7.91. The lowest BCUT2D eigenvalue weighted by Crippen LogP contribution is -2.29. The van der Waals surface area contributed by atoms with E-state index in [0.717, 1.165) is 29.4 Å². The zero-order valence-electron chi connectivity index (χ0n) is 30.3. The lowest BCUT2D eigenvalue weighted by atomic mass is 10.1. The maximum absolute atomic E-state index is 13.9. The SMILES string of the molecule is CN(CCS(=O)(=O)CCOS(=O)(=O)O)c1nc(Cl)nc(Nc2cc(S(=O)(=O)O)cc3cc(S(=O)(=O)O)c(N=Nc4cc(Nc5ncnc(F)c5Cl)ccc4S(=O)(=O)O)c(O)c23)n1. The third kappa shape index (κ3) is 12.1.